The number of halogens is 3. The van der Waals surface area contributed by atoms with E-state index in [1.807, 2.05) is 6.26 Å². The first kappa shape index (κ1) is 11.2. The van der Waals surface area contributed by atoms with E-state index in [4.69, 9.17) is 0 Å². The van der Waals surface area contributed by atoms with Crippen molar-refractivity contribution in [1.29, 1.82) is 0 Å². The molecule has 0 radical (unpaired) electrons. The average Bonchev–Trinajstić information content (AvgIpc) is 2.15. The zero-order valence-corrected chi connectivity index (χ0v) is 8.62. The third kappa shape index (κ3) is 2.57. The fraction of sp³-hybridized carbons (Fsp3) is 0.333. The van der Waals surface area contributed by atoms with Gasteiger partial charge in [-0.25, -0.2) is 0 Å². The molecule has 0 aliphatic carbocycles. The van der Waals surface area contributed by atoms with Crippen LogP contribution in [0.4, 0.5) is 18.9 Å². The van der Waals surface area contributed by atoms with Gasteiger partial charge in [0.05, 0.1) is 0 Å². The molecule has 0 heterocycles. The Hall–Kier alpha value is -0.840. The second-order valence-electron chi connectivity index (χ2n) is 2.73. The molecule has 1 aromatic rings. The van der Waals surface area contributed by atoms with Crippen LogP contribution in [-0.2, 0) is 0 Å². The summed E-state index contributed by atoms with van der Waals surface area (Å²) in [6.45, 7) is 0. The first-order chi connectivity index (χ1) is 6.45. The largest absolute Gasteiger partial charge is 0.484 e. The molecule has 0 bridgehead atoms. The van der Waals surface area contributed by atoms with Gasteiger partial charge in [0.2, 0.25) is 0 Å². The fourth-order valence-corrected chi connectivity index (χ4v) is 1.42. The number of thioether (sulfide) groups is 1. The van der Waals surface area contributed by atoms with Gasteiger partial charge in [0.15, 0.2) is 0 Å². The molecule has 0 atom stereocenters. The Kier molecular flexibility index (Phi) is 3.31. The van der Waals surface area contributed by atoms with Crippen LogP contribution < -0.4 is 4.90 Å². The smallest absolute Gasteiger partial charge is 0.287 e. The molecule has 5 heteroatoms. The summed E-state index contributed by atoms with van der Waals surface area (Å²) in [6, 6.07) is 6.34. The number of nitrogens with zero attached hydrogens (tertiary/aromatic N) is 1. The van der Waals surface area contributed by atoms with Crippen LogP contribution in [0.5, 0.6) is 0 Å². The molecule has 0 saturated heterocycles. The van der Waals surface area contributed by atoms with Gasteiger partial charge < -0.3 is 0 Å². The van der Waals surface area contributed by atoms with Gasteiger partial charge in [0.25, 0.3) is 0 Å². The predicted molar refractivity (Wildman–Crippen MR) is 52.7 cm³/mol. The summed E-state index contributed by atoms with van der Waals surface area (Å²) in [5.41, 5.74) is 0.157. The highest BCUT2D eigenvalue weighted by molar-refractivity contribution is 7.98. The maximum Gasteiger partial charge on any atom is 0.484 e. The molecule has 0 aromatic heterocycles. The normalized spacial score (nSPS) is 11.5. The highest BCUT2D eigenvalue weighted by Crippen LogP contribution is 2.28. The van der Waals surface area contributed by atoms with Gasteiger partial charge in [0, 0.05) is 17.6 Å². The maximum absolute atomic E-state index is 12.3. The molecule has 78 valence electrons. The van der Waals surface area contributed by atoms with Crippen molar-refractivity contribution in [3.8, 4) is 0 Å². The molecular weight excluding hydrogens is 211 g/mol. The number of rotatable bonds is 2. The van der Waals surface area contributed by atoms with E-state index in [2.05, 4.69) is 0 Å². The van der Waals surface area contributed by atoms with Crippen LogP contribution in [0.15, 0.2) is 29.2 Å². The zero-order chi connectivity index (χ0) is 10.8. The van der Waals surface area contributed by atoms with Gasteiger partial charge in [-0.15, -0.1) is 11.8 Å². The van der Waals surface area contributed by atoms with Gasteiger partial charge in [-0.1, -0.05) is 6.07 Å². The SMILES string of the molecule is CSc1cccc(N(C)C(F)(F)F)c1. The molecule has 0 aliphatic rings. The molecule has 0 amide bonds. The monoisotopic (exact) mass is 221 g/mol. The van der Waals surface area contributed by atoms with Crippen molar-refractivity contribution in [2.75, 3.05) is 18.2 Å². The summed E-state index contributed by atoms with van der Waals surface area (Å²) in [5, 5.41) is 0. The lowest BCUT2D eigenvalue weighted by molar-refractivity contribution is -0.125. The van der Waals surface area contributed by atoms with Crippen molar-refractivity contribution in [3.63, 3.8) is 0 Å². The lowest BCUT2D eigenvalue weighted by Crippen LogP contribution is -2.33. The van der Waals surface area contributed by atoms with Gasteiger partial charge in [-0.2, -0.15) is 13.2 Å². The lowest BCUT2D eigenvalue weighted by atomic mass is 10.3. The first-order valence-electron chi connectivity index (χ1n) is 3.90. The van der Waals surface area contributed by atoms with E-state index in [1.54, 1.807) is 12.1 Å². The van der Waals surface area contributed by atoms with E-state index in [0.717, 1.165) is 11.9 Å². The van der Waals surface area contributed by atoms with Crippen molar-refractivity contribution < 1.29 is 13.2 Å². The predicted octanol–water partition coefficient (Wildman–Crippen LogP) is 3.36. The van der Waals surface area contributed by atoms with E-state index in [-0.39, 0.29) is 5.69 Å². The highest BCUT2D eigenvalue weighted by atomic mass is 32.2. The van der Waals surface area contributed by atoms with Crippen LogP contribution in [-0.4, -0.2) is 19.6 Å². The molecule has 0 spiro atoms. The van der Waals surface area contributed by atoms with Crippen LogP contribution in [0.3, 0.4) is 0 Å². The molecule has 0 fully saturated rings. The molecule has 0 N–H and O–H groups in total. The minimum absolute atomic E-state index is 0.157. The Morgan fingerprint density at radius 2 is 1.93 bits per heavy atom. The second-order valence-corrected chi connectivity index (χ2v) is 3.61. The Bertz CT molecular complexity index is 311. The number of benzene rings is 1. The van der Waals surface area contributed by atoms with E-state index in [1.165, 1.54) is 23.9 Å². The van der Waals surface area contributed by atoms with E-state index in [0.29, 0.717) is 4.90 Å². The van der Waals surface area contributed by atoms with Crippen LogP contribution in [0.25, 0.3) is 0 Å². The Morgan fingerprint density at radius 3 is 2.43 bits per heavy atom. The van der Waals surface area contributed by atoms with Gasteiger partial charge >= 0.3 is 6.30 Å². The molecule has 0 unspecified atom stereocenters. The average molecular weight is 221 g/mol. The number of hydrogen-bond acceptors (Lipinski definition) is 2. The lowest BCUT2D eigenvalue weighted by Gasteiger charge is -2.22. The van der Waals surface area contributed by atoms with Crippen molar-refractivity contribution in [2.45, 2.75) is 11.2 Å². The Balaban J connectivity index is 2.95. The quantitative estimate of drug-likeness (QED) is 0.556. The van der Waals surface area contributed by atoms with E-state index < -0.39 is 6.30 Å². The van der Waals surface area contributed by atoms with Gasteiger partial charge in [0.1, 0.15) is 0 Å². The zero-order valence-electron chi connectivity index (χ0n) is 7.80. The molecule has 0 aliphatic heterocycles. The number of alkyl halides is 3. The molecular formula is C9H10F3NS. The van der Waals surface area contributed by atoms with Crippen LogP contribution in [0, 0.1) is 0 Å². The van der Waals surface area contributed by atoms with Crippen molar-refractivity contribution in [1.82, 2.24) is 0 Å². The van der Waals surface area contributed by atoms with E-state index in [9.17, 15) is 13.2 Å². The highest BCUT2D eigenvalue weighted by Gasteiger charge is 2.34. The first-order valence-corrected chi connectivity index (χ1v) is 5.12. The molecule has 0 saturated carbocycles. The maximum atomic E-state index is 12.3. The number of anilines is 1. The Labute approximate surface area is 84.9 Å². The minimum Gasteiger partial charge on any atom is -0.287 e. The summed E-state index contributed by atoms with van der Waals surface area (Å²) < 4.78 is 36.9. The summed E-state index contributed by atoms with van der Waals surface area (Å²) in [6.07, 6.45) is -2.50. The summed E-state index contributed by atoms with van der Waals surface area (Å²) in [5.74, 6) is 0. The molecule has 1 rings (SSSR count). The second kappa shape index (κ2) is 4.13. The van der Waals surface area contributed by atoms with Gasteiger partial charge in [-0.05, 0) is 24.5 Å². The minimum atomic E-state index is -4.32. The third-order valence-corrected chi connectivity index (χ3v) is 2.55. The van der Waals surface area contributed by atoms with Crippen LogP contribution >= 0.6 is 11.8 Å². The van der Waals surface area contributed by atoms with Crippen LogP contribution in [0.2, 0.25) is 0 Å². The summed E-state index contributed by atoms with van der Waals surface area (Å²) in [7, 11) is 1.01. The molecule has 1 aromatic carbocycles. The number of hydrogen-bond donors (Lipinski definition) is 0. The van der Waals surface area contributed by atoms with E-state index >= 15 is 0 Å². The molecule has 14 heavy (non-hydrogen) atoms. The van der Waals surface area contributed by atoms with Crippen molar-refractivity contribution >= 4 is 17.4 Å². The third-order valence-electron chi connectivity index (χ3n) is 1.82. The summed E-state index contributed by atoms with van der Waals surface area (Å²) in [4.78, 5) is 1.12. The van der Waals surface area contributed by atoms with Crippen LogP contribution in [0.1, 0.15) is 0 Å². The standard InChI is InChI=1S/C9H10F3NS/c1-13(9(10,11)12)7-4-3-5-8(6-7)14-2/h3-6H,1-2H3. The van der Waals surface area contributed by atoms with Gasteiger partial charge in [-0.3, -0.25) is 4.90 Å². The van der Waals surface area contributed by atoms with Crippen molar-refractivity contribution in [3.05, 3.63) is 24.3 Å². The molecule has 1 nitrogen and oxygen atoms in total. The Morgan fingerprint density at radius 1 is 1.29 bits per heavy atom. The van der Waals surface area contributed by atoms with Crippen molar-refractivity contribution in [2.24, 2.45) is 0 Å². The topological polar surface area (TPSA) is 3.24 Å². The fourth-order valence-electron chi connectivity index (χ4n) is 0.965. The summed E-state index contributed by atoms with van der Waals surface area (Å²) >= 11 is 1.42.